The number of piperidine rings is 2. The fraction of sp³-hybridized carbons (Fsp3) is 0.652. The first-order chi connectivity index (χ1) is 13.6. The summed E-state index contributed by atoms with van der Waals surface area (Å²) < 4.78 is 0. The van der Waals surface area contributed by atoms with Gasteiger partial charge in [-0.25, -0.2) is 0 Å². The van der Waals surface area contributed by atoms with Gasteiger partial charge in [0.25, 0.3) is 0 Å². The summed E-state index contributed by atoms with van der Waals surface area (Å²) in [6.45, 7) is 5.21. The molecule has 28 heavy (non-hydrogen) atoms. The van der Waals surface area contributed by atoms with Crippen LogP contribution in [0.3, 0.4) is 0 Å². The molecule has 154 valence electrons. The molecular weight excluding hydrogens is 350 g/mol. The monoisotopic (exact) mass is 385 g/mol. The highest BCUT2D eigenvalue weighted by Gasteiger charge is 2.24. The summed E-state index contributed by atoms with van der Waals surface area (Å²) in [6.07, 6.45) is 6.43. The average Bonchev–Trinajstić information content (AvgIpc) is 2.71. The van der Waals surface area contributed by atoms with Crippen molar-refractivity contribution < 1.29 is 9.59 Å². The third-order valence-electron chi connectivity index (χ3n) is 6.08. The maximum Gasteiger partial charge on any atom is 0.224 e. The van der Waals surface area contributed by atoms with Gasteiger partial charge in [0.05, 0.1) is 0 Å². The Kier molecular flexibility index (Phi) is 7.90. The number of likely N-dealkylation sites (tertiary alicyclic amines) is 2. The van der Waals surface area contributed by atoms with Crippen molar-refractivity contribution in [3.05, 3.63) is 35.9 Å². The van der Waals surface area contributed by atoms with Gasteiger partial charge in [-0.1, -0.05) is 30.3 Å². The van der Waals surface area contributed by atoms with Gasteiger partial charge in [0, 0.05) is 45.6 Å². The Balaban J connectivity index is 1.56. The molecule has 3 rings (SSSR count). The molecule has 0 aliphatic carbocycles. The summed E-state index contributed by atoms with van der Waals surface area (Å²) in [5, 5.41) is 0. The average molecular weight is 386 g/mol. The predicted octanol–water partition coefficient (Wildman–Crippen LogP) is 2.80. The van der Waals surface area contributed by atoms with Gasteiger partial charge in [0.2, 0.25) is 11.8 Å². The molecular formula is C23H35N3O2. The van der Waals surface area contributed by atoms with E-state index in [1.165, 1.54) is 18.4 Å². The summed E-state index contributed by atoms with van der Waals surface area (Å²) in [5.41, 5.74) is 1.27. The van der Waals surface area contributed by atoms with Gasteiger partial charge >= 0.3 is 0 Å². The molecule has 0 N–H and O–H groups in total. The normalized spacial score (nSPS) is 21.0. The Morgan fingerprint density at radius 2 is 1.96 bits per heavy atom. The van der Waals surface area contributed by atoms with Crippen LogP contribution in [0.2, 0.25) is 0 Å². The number of rotatable bonds is 8. The first-order valence-electron chi connectivity index (χ1n) is 10.9. The second kappa shape index (κ2) is 10.6. The Morgan fingerprint density at radius 1 is 1.14 bits per heavy atom. The largest absolute Gasteiger partial charge is 0.342 e. The number of benzene rings is 1. The van der Waals surface area contributed by atoms with Crippen molar-refractivity contribution in [3.8, 4) is 0 Å². The maximum atomic E-state index is 13.0. The summed E-state index contributed by atoms with van der Waals surface area (Å²) >= 11 is 0. The molecule has 0 bridgehead atoms. The zero-order valence-electron chi connectivity index (χ0n) is 17.3. The second-order valence-corrected chi connectivity index (χ2v) is 8.43. The van der Waals surface area contributed by atoms with Crippen molar-refractivity contribution in [2.75, 3.05) is 46.3 Å². The summed E-state index contributed by atoms with van der Waals surface area (Å²) in [6, 6.07) is 10.4. The van der Waals surface area contributed by atoms with E-state index in [9.17, 15) is 9.59 Å². The van der Waals surface area contributed by atoms with Gasteiger partial charge in [-0.15, -0.1) is 0 Å². The van der Waals surface area contributed by atoms with E-state index in [0.29, 0.717) is 25.3 Å². The van der Waals surface area contributed by atoms with Crippen LogP contribution in [0, 0.1) is 5.92 Å². The molecule has 0 saturated carbocycles. The zero-order valence-corrected chi connectivity index (χ0v) is 17.3. The minimum Gasteiger partial charge on any atom is -0.342 e. The molecule has 0 radical (unpaired) electrons. The fourth-order valence-corrected chi connectivity index (χ4v) is 4.45. The minimum absolute atomic E-state index is 0.197. The van der Waals surface area contributed by atoms with Crippen molar-refractivity contribution in [1.29, 1.82) is 0 Å². The first kappa shape index (κ1) is 20.8. The van der Waals surface area contributed by atoms with Crippen LogP contribution in [0.25, 0.3) is 0 Å². The lowest BCUT2D eigenvalue weighted by Gasteiger charge is -2.34. The third kappa shape index (κ3) is 6.33. The molecule has 2 fully saturated rings. The van der Waals surface area contributed by atoms with Crippen molar-refractivity contribution in [2.24, 2.45) is 5.92 Å². The number of hydrogen-bond donors (Lipinski definition) is 0. The van der Waals surface area contributed by atoms with Crippen molar-refractivity contribution in [2.45, 2.75) is 44.9 Å². The second-order valence-electron chi connectivity index (χ2n) is 8.43. The predicted molar refractivity (Wildman–Crippen MR) is 112 cm³/mol. The van der Waals surface area contributed by atoms with E-state index < -0.39 is 0 Å². The van der Waals surface area contributed by atoms with E-state index in [-0.39, 0.29) is 11.8 Å². The molecule has 2 saturated heterocycles. The van der Waals surface area contributed by atoms with Gasteiger partial charge in [0.1, 0.15) is 0 Å². The fourth-order valence-electron chi connectivity index (χ4n) is 4.45. The van der Waals surface area contributed by atoms with E-state index in [0.717, 1.165) is 52.0 Å². The van der Waals surface area contributed by atoms with Gasteiger partial charge in [0.15, 0.2) is 0 Å². The number of nitrogens with zero attached hydrogens (tertiary/aromatic N) is 3. The topological polar surface area (TPSA) is 43.9 Å². The van der Waals surface area contributed by atoms with Crippen molar-refractivity contribution >= 4 is 11.8 Å². The standard InChI is InChI=1S/C23H35N3O2/c1-24-14-7-10-21(18-24)19-26(16-12-20-8-3-2-4-9-20)23(28)13-17-25-15-6-5-11-22(25)27/h2-4,8-9,21H,5-7,10-19H2,1H3. The molecule has 2 aliphatic rings. The van der Waals surface area contributed by atoms with Crippen molar-refractivity contribution in [1.82, 2.24) is 14.7 Å². The quantitative estimate of drug-likeness (QED) is 0.691. The Hall–Kier alpha value is -1.88. The molecule has 1 unspecified atom stereocenters. The van der Waals surface area contributed by atoms with E-state index in [1.54, 1.807) is 0 Å². The van der Waals surface area contributed by atoms with Crippen LogP contribution >= 0.6 is 0 Å². The van der Waals surface area contributed by atoms with Crippen molar-refractivity contribution in [3.63, 3.8) is 0 Å². The smallest absolute Gasteiger partial charge is 0.224 e. The summed E-state index contributed by atoms with van der Waals surface area (Å²) in [5.74, 6) is 0.960. The number of carbonyl (C=O) groups is 2. The van der Waals surface area contributed by atoms with Crippen LogP contribution in [-0.4, -0.2) is 72.8 Å². The van der Waals surface area contributed by atoms with Crippen LogP contribution in [0.1, 0.15) is 44.1 Å². The number of hydrogen-bond acceptors (Lipinski definition) is 3. The highest BCUT2D eigenvalue weighted by atomic mass is 16.2. The lowest BCUT2D eigenvalue weighted by atomic mass is 9.97. The Morgan fingerprint density at radius 3 is 2.71 bits per heavy atom. The van der Waals surface area contributed by atoms with Crippen LogP contribution in [-0.2, 0) is 16.0 Å². The van der Waals surface area contributed by atoms with E-state index in [4.69, 9.17) is 0 Å². The third-order valence-corrected chi connectivity index (χ3v) is 6.08. The molecule has 1 aromatic carbocycles. The molecule has 2 aliphatic heterocycles. The Bertz CT molecular complexity index is 634. The van der Waals surface area contributed by atoms with Gasteiger partial charge in [-0.05, 0) is 57.2 Å². The molecule has 5 heteroatoms. The minimum atomic E-state index is 0.197. The lowest BCUT2D eigenvalue weighted by Crippen LogP contribution is -2.44. The maximum absolute atomic E-state index is 13.0. The SMILES string of the molecule is CN1CCCC(CN(CCc2ccccc2)C(=O)CCN2CCCCC2=O)C1. The van der Waals surface area contributed by atoms with Gasteiger partial charge in [-0.3, -0.25) is 9.59 Å². The highest BCUT2D eigenvalue weighted by Crippen LogP contribution is 2.18. The van der Waals surface area contributed by atoms with Gasteiger partial charge in [-0.2, -0.15) is 0 Å². The van der Waals surface area contributed by atoms with E-state index >= 15 is 0 Å². The number of amides is 2. The van der Waals surface area contributed by atoms with Crippen LogP contribution in [0.15, 0.2) is 30.3 Å². The Labute approximate surface area is 169 Å². The summed E-state index contributed by atoms with van der Waals surface area (Å²) in [7, 11) is 2.17. The first-order valence-corrected chi connectivity index (χ1v) is 10.9. The van der Waals surface area contributed by atoms with Gasteiger partial charge < -0.3 is 14.7 Å². The van der Waals surface area contributed by atoms with E-state index in [2.05, 4.69) is 41.1 Å². The van der Waals surface area contributed by atoms with E-state index in [1.807, 2.05) is 11.0 Å². The molecule has 5 nitrogen and oxygen atoms in total. The molecule has 0 spiro atoms. The van der Waals surface area contributed by atoms with Crippen LogP contribution in [0.5, 0.6) is 0 Å². The van der Waals surface area contributed by atoms with Crippen LogP contribution in [0.4, 0.5) is 0 Å². The van der Waals surface area contributed by atoms with Crippen LogP contribution < -0.4 is 0 Å². The number of carbonyl (C=O) groups excluding carboxylic acids is 2. The summed E-state index contributed by atoms with van der Waals surface area (Å²) in [4.78, 5) is 31.4. The molecule has 2 heterocycles. The molecule has 1 atom stereocenters. The molecule has 0 aromatic heterocycles. The highest BCUT2D eigenvalue weighted by molar-refractivity contribution is 5.79. The lowest BCUT2D eigenvalue weighted by molar-refractivity contribution is -0.136. The molecule has 2 amide bonds. The molecule has 1 aromatic rings. The zero-order chi connectivity index (χ0) is 19.8.